The van der Waals surface area contributed by atoms with Gasteiger partial charge in [-0.05, 0) is 50.2 Å². The fraction of sp³-hybridized carbons (Fsp3) is 0.118. The molecule has 0 saturated carbocycles. The molecule has 3 rings (SSSR count). The van der Waals surface area contributed by atoms with E-state index < -0.39 is 4.92 Å². The Balaban J connectivity index is 1.88. The van der Waals surface area contributed by atoms with Gasteiger partial charge in [-0.1, -0.05) is 0 Å². The van der Waals surface area contributed by atoms with Gasteiger partial charge in [0.2, 0.25) is 5.82 Å². The Labute approximate surface area is 138 Å². The van der Waals surface area contributed by atoms with E-state index in [2.05, 4.69) is 20.3 Å². The minimum Gasteiger partial charge on any atom is -0.334 e. The van der Waals surface area contributed by atoms with Crippen LogP contribution in [0.3, 0.4) is 0 Å². The normalized spacial score (nSPS) is 10.4. The smallest absolute Gasteiger partial charge is 0.314 e. The number of pyridine rings is 1. The van der Waals surface area contributed by atoms with Gasteiger partial charge < -0.3 is 5.32 Å². The third-order valence-electron chi connectivity index (χ3n) is 3.51. The summed E-state index contributed by atoms with van der Waals surface area (Å²) in [6.07, 6.45) is 3.25. The number of aryl methyl sites for hydroxylation is 2. The van der Waals surface area contributed by atoms with Crippen LogP contribution in [0, 0.1) is 24.0 Å². The SMILES string of the molecule is Cc1ccnc(-c2ccc(Nc3nccc(C)c3[N+](=O)[O-])cc2)n1. The van der Waals surface area contributed by atoms with Gasteiger partial charge in [0, 0.05) is 34.9 Å². The number of hydrogen-bond donors (Lipinski definition) is 1. The highest BCUT2D eigenvalue weighted by molar-refractivity contribution is 5.69. The van der Waals surface area contributed by atoms with Crippen LogP contribution in [0.25, 0.3) is 11.4 Å². The number of nitrogens with zero attached hydrogens (tertiary/aromatic N) is 4. The molecule has 0 fully saturated rings. The molecule has 0 unspecified atom stereocenters. The molecule has 0 aliphatic carbocycles. The van der Waals surface area contributed by atoms with Gasteiger partial charge in [-0.3, -0.25) is 10.1 Å². The lowest BCUT2D eigenvalue weighted by atomic mass is 10.2. The second-order valence-electron chi connectivity index (χ2n) is 5.31. The average Bonchev–Trinajstić information content (AvgIpc) is 2.55. The van der Waals surface area contributed by atoms with E-state index in [1.807, 2.05) is 37.3 Å². The predicted octanol–water partition coefficient (Wildman–Crippen LogP) is 3.81. The molecular weight excluding hydrogens is 306 g/mol. The first kappa shape index (κ1) is 15.5. The lowest BCUT2D eigenvalue weighted by molar-refractivity contribution is -0.384. The molecule has 2 heterocycles. The van der Waals surface area contributed by atoms with Crippen LogP contribution in [-0.2, 0) is 0 Å². The maximum absolute atomic E-state index is 11.2. The minimum atomic E-state index is -0.431. The highest BCUT2D eigenvalue weighted by atomic mass is 16.6. The molecule has 24 heavy (non-hydrogen) atoms. The fourth-order valence-corrected chi connectivity index (χ4v) is 2.30. The lowest BCUT2D eigenvalue weighted by Gasteiger charge is -2.08. The summed E-state index contributed by atoms with van der Waals surface area (Å²) in [5, 5.41) is 14.2. The van der Waals surface area contributed by atoms with Crippen molar-refractivity contribution in [3.05, 3.63) is 70.2 Å². The minimum absolute atomic E-state index is 0.0244. The average molecular weight is 321 g/mol. The predicted molar refractivity (Wildman–Crippen MR) is 91.1 cm³/mol. The molecule has 3 aromatic rings. The van der Waals surface area contributed by atoms with Crippen molar-refractivity contribution in [3.63, 3.8) is 0 Å². The standard InChI is InChI=1S/C17H15N5O2/c1-11-7-9-19-17(15(11)22(23)24)21-14-5-3-13(4-6-14)16-18-10-8-12(2)20-16/h3-10H,1-2H3,(H,19,21). The van der Waals surface area contributed by atoms with Crippen molar-refractivity contribution in [1.29, 1.82) is 0 Å². The number of rotatable bonds is 4. The molecule has 0 aliphatic rings. The number of anilines is 2. The largest absolute Gasteiger partial charge is 0.334 e. The Morgan fingerprint density at radius 1 is 1.00 bits per heavy atom. The summed E-state index contributed by atoms with van der Waals surface area (Å²) in [4.78, 5) is 23.5. The van der Waals surface area contributed by atoms with Crippen molar-refractivity contribution < 1.29 is 4.92 Å². The van der Waals surface area contributed by atoms with Gasteiger partial charge >= 0.3 is 5.69 Å². The second-order valence-corrected chi connectivity index (χ2v) is 5.31. The molecule has 7 nitrogen and oxygen atoms in total. The summed E-state index contributed by atoms with van der Waals surface area (Å²) < 4.78 is 0. The Bertz CT molecular complexity index is 894. The van der Waals surface area contributed by atoms with Crippen LogP contribution in [0.15, 0.2) is 48.8 Å². The van der Waals surface area contributed by atoms with Gasteiger partial charge in [0.25, 0.3) is 0 Å². The zero-order valence-corrected chi connectivity index (χ0v) is 13.2. The summed E-state index contributed by atoms with van der Waals surface area (Å²) in [6.45, 7) is 3.59. The summed E-state index contributed by atoms with van der Waals surface area (Å²) in [5.74, 6) is 0.862. The van der Waals surface area contributed by atoms with Crippen molar-refractivity contribution >= 4 is 17.2 Å². The fourth-order valence-electron chi connectivity index (χ4n) is 2.30. The Hall–Kier alpha value is -3.35. The van der Waals surface area contributed by atoms with Crippen LogP contribution in [0.1, 0.15) is 11.3 Å². The van der Waals surface area contributed by atoms with Gasteiger partial charge in [-0.2, -0.15) is 0 Å². The van der Waals surface area contributed by atoms with E-state index in [1.165, 1.54) is 0 Å². The van der Waals surface area contributed by atoms with Crippen LogP contribution in [0.2, 0.25) is 0 Å². The molecular formula is C17H15N5O2. The van der Waals surface area contributed by atoms with Crippen LogP contribution in [-0.4, -0.2) is 19.9 Å². The Morgan fingerprint density at radius 2 is 1.71 bits per heavy atom. The van der Waals surface area contributed by atoms with E-state index in [0.29, 0.717) is 17.1 Å². The molecule has 0 saturated heterocycles. The van der Waals surface area contributed by atoms with Crippen molar-refractivity contribution in [3.8, 4) is 11.4 Å². The first-order valence-corrected chi connectivity index (χ1v) is 7.31. The van der Waals surface area contributed by atoms with E-state index in [-0.39, 0.29) is 11.5 Å². The van der Waals surface area contributed by atoms with Crippen molar-refractivity contribution in [1.82, 2.24) is 15.0 Å². The van der Waals surface area contributed by atoms with Gasteiger partial charge in [0.1, 0.15) is 0 Å². The number of hydrogen-bond acceptors (Lipinski definition) is 6. The number of nitrogens with one attached hydrogen (secondary N) is 1. The Morgan fingerprint density at radius 3 is 2.38 bits per heavy atom. The highest BCUT2D eigenvalue weighted by Crippen LogP contribution is 2.29. The Kier molecular flexibility index (Phi) is 4.15. The zero-order chi connectivity index (χ0) is 17.1. The van der Waals surface area contributed by atoms with Crippen LogP contribution < -0.4 is 5.32 Å². The number of benzene rings is 1. The lowest BCUT2D eigenvalue weighted by Crippen LogP contribution is -2.01. The molecule has 0 atom stereocenters. The van der Waals surface area contributed by atoms with Crippen molar-refractivity contribution in [2.24, 2.45) is 0 Å². The summed E-state index contributed by atoms with van der Waals surface area (Å²) in [7, 11) is 0. The first-order valence-electron chi connectivity index (χ1n) is 7.31. The third-order valence-corrected chi connectivity index (χ3v) is 3.51. The number of nitro groups is 1. The molecule has 120 valence electrons. The van der Waals surface area contributed by atoms with E-state index >= 15 is 0 Å². The molecule has 2 aromatic heterocycles. The highest BCUT2D eigenvalue weighted by Gasteiger charge is 2.18. The molecule has 1 aromatic carbocycles. The van der Waals surface area contributed by atoms with Crippen LogP contribution >= 0.6 is 0 Å². The van der Waals surface area contributed by atoms with E-state index in [4.69, 9.17) is 0 Å². The molecule has 0 amide bonds. The van der Waals surface area contributed by atoms with Gasteiger partial charge in [0.05, 0.1) is 4.92 Å². The van der Waals surface area contributed by atoms with Gasteiger partial charge in [0.15, 0.2) is 5.82 Å². The number of aromatic nitrogens is 3. The molecule has 0 aliphatic heterocycles. The van der Waals surface area contributed by atoms with Gasteiger partial charge in [-0.15, -0.1) is 0 Å². The van der Waals surface area contributed by atoms with Crippen molar-refractivity contribution in [2.45, 2.75) is 13.8 Å². The summed E-state index contributed by atoms with van der Waals surface area (Å²) in [5.41, 5.74) is 3.00. The molecule has 0 radical (unpaired) electrons. The zero-order valence-electron chi connectivity index (χ0n) is 13.2. The van der Waals surface area contributed by atoms with Crippen LogP contribution in [0.4, 0.5) is 17.2 Å². The maximum atomic E-state index is 11.2. The van der Waals surface area contributed by atoms with Crippen LogP contribution in [0.5, 0.6) is 0 Å². The molecule has 0 spiro atoms. The summed E-state index contributed by atoms with van der Waals surface area (Å²) in [6, 6.07) is 10.8. The van der Waals surface area contributed by atoms with Gasteiger partial charge in [-0.25, -0.2) is 15.0 Å². The molecule has 1 N–H and O–H groups in total. The monoisotopic (exact) mass is 321 g/mol. The first-order chi connectivity index (χ1) is 11.5. The summed E-state index contributed by atoms with van der Waals surface area (Å²) >= 11 is 0. The second kappa shape index (κ2) is 6.41. The van der Waals surface area contributed by atoms with E-state index in [1.54, 1.807) is 25.4 Å². The van der Waals surface area contributed by atoms with Crippen molar-refractivity contribution in [2.75, 3.05) is 5.32 Å². The van der Waals surface area contributed by atoms with E-state index in [9.17, 15) is 10.1 Å². The molecule has 7 heteroatoms. The molecule has 0 bridgehead atoms. The van der Waals surface area contributed by atoms with E-state index in [0.717, 1.165) is 11.3 Å². The third kappa shape index (κ3) is 3.19. The topological polar surface area (TPSA) is 93.8 Å². The quantitative estimate of drug-likeness (QED) is 0.580. The maximum Gasteiger partial charge on any atom is 0.314 e.